The number of carbonyl (C=O) groups excluding carboxylic acids is 1. The third-order valence-electron chi connectivity index (χ3n) is 5.30. The fourth-order valence-electron chi connectivity index (χ4n) is 3.45. The van der Waals surface area contributed by atoms with Crippen LogP contribution < -0.4 is 0 Å². The van der Waals surface area contributed by atoms with Gasteiger partial charge < -0.3 is 4.90 Å². The molecule has 1 aliphatic heterocycles. The average Bonchev–Trinajstić information content (AvgIpc) is 3.21. The second-order valence-electron chi connectivity index (χ2n) is 7.68. The van der Waals surface area contributed by atoms with Gasteiger partial charge in [0.25, 0.3) is 5.91 Å². The van der Waals surface area contributed by atoms with Gasteiger partial charge in [0.15, 0.2) is 0 Å². The van der Waals surface area contributed by atoms with Crippen molar-refractivity contribution in [2.45, 2.75) is 65.7 Å². The fraction of sp³-hybridized carbons (Fsp3) is 0.355. The summed E-state index contributed by atoms with van der Waals surface area (Å²) in [5.74, 6) is -0.0481. The van der Waals surface area contributed by atoms with Crippen molar-refractivity contribution >= 4 is 35.0 Å². The van der Waals surface area contributed by atoms with Crippen LogP contribution in [0.2, 0.25) is 0 Å². The van der Waals surface area contributed by atoms with E-state index in [0.29, 0.717) is 17.2 Å². The van der Waals surface area contributed by atoms with E-state index >= 15 is 0 Å². The Hall–Kier alpha value is -2.56. The minimum atomic E-state index is -0.0481. The number of fused-ring (bicyclic) bond motifs is 1. The molecule has 0 radical (unpaired) electrons. The Labute approximate surface area is 228 Å². The highest BCUT2D eigenvalue weighted by atomic mass is 35.5. The van der Waals surface area contributed by atoms with Crippen molar-refractivity contribution in [2.75, 3.05) is 13.6 Å². The SMILES string of the molecule is C=C/C(=C\C1=C(C)Sc2ccccc2C(C2=CCC=CC=C2Cl)=N1)C(=O)N(C)CCCC.CC.CC. The molecule has 2 aliphatic rings. The number of aliphatic imine (C=N–C) groups is 1. The molecule has 3 nitrogen and oxygen atoms in total. The first kappa shape index (κ1) is 31.5. The monoisotopic (exact) mass is 524 g/mol. The number of hydrogen-bond donors (Lipinski definition) is 0. The number of allylic oxidation sites excluding steroid dienone is 8. The molecule has 1 aliphatic carbocycles. The van der Waals surface area contributed by atoms with Gasteiger partial charge in [0.1, 0.15) is 0 Å². The van der Waals surface area contributed by atoms with E-state index in [4.69, 9.17) is 16.6 Å². The van der Waals surface area contributed by atoms with Crippen molar-refractivity contribution in [3.63, 3.8) is 0 Å². The molecule has 0 atom stereocenters. The topological polar surface area (TPSA) is 32.7 Å². The van der Waals surface area contributed by atoms with Crippen molar-refractivity contribution in [1.82, 2.24) is 4.90 Å². The molecule has 0 aromatic heterocycles. The molecule has 0 saturated carbocycles. The van der Waals surface area contributed by atoms with E-state index in [1.807, 2.05) is 72.0 Å². The smallest absolute Gasteiger partial charge is 0.253 e. The van der Waals surface area contributed by atoms with Gasteiger partial charge in [-0.1, -0.05) is 113 Å². The van der Waals surface area contributed by atoms with Gasteiger partial charge in [0, 0.05) is 45.1 Å². The van der Waals surface area contributed by atoms with Gasteiger partial charge in [0.05, 0.1) is 11.4 Å². The summed E-state index contributed by atoms with van der Waals surface area (Å²) in [5, 5.41) is 0.652. The van der Waals surface area contributed by atoms with Crippen LogP contribution in [0.1, 0.15) is 66.4 Å². The zero-order valence-electron chi connectivity index (χ0n) is 22.9. The number of unbranched alkanes of at least 4 members (excludes halogenated alkanes) is 1. The van der Waals surface area contributed by atoms with Crippen LogP contribution in [0, 0.1) is 0 Å². The molecule has 1 amide bonds. The number of nitrogens with zero attached hydrogens (tertiary/aromatic N) is 2. The lowest BCUT2D eigenvalue weighted by molar-refractivity contribution is -0.125. The number of carbonyl (C=O) groups is 1. The lowest BCUT2D eigenvalue weighted by Gasteiger charge is -2.17. The molecular weight excluding hydrogens is 484 g/mol. The number of amides is 1. The van der Waals surface area contributed by atoms with Crippen LogP contribution in [-0.2, 0) is 4.79 Å². The third kappa shape index (κ3) is 8.53. The molecule has 3 rings (SSSR count). The van der Waals surface area contributed by atoms with Gasteiger partial charge in [-0.15, -0.1) is 0 Å². The van der Waals surface area contributed by atoms with Crippen LogP contribution in [0.3, 0.4) is 0 Å². The lowest BCUT2D eigenvalue weighted by Crippen LogP contribution is -2.28. The second-order valence-corrected chi connectivity index (χ2v) is 9.34. The van der Waals surface area contributed by atoms with E-state index in [9.17, 15) is 4.79 Å². The van der Waals surface area contributed by atoms with E-state index < -0.39 is 0 Å². The van der Waals surface area contributed by atoms with Crippen molar-refractivity contribution < 1.29 is 4.79 Å². The van der Waals surface area contributed by atoms with Gasteiger partial charge in [0.2, 0.25) is 0 Å². The molecule has 0 unspecified atom stereocenters. The molecule has 0 bridgehead atoms. The summed E-state index contributed by atoms with van der Waals surface area (Å²) >= 11 is 8.30. The maximum Gasteiger partial charge on any atom is 0.253 e. The maximum absolute atomic E-state index is 13.0. The standard InChI is InChI=1S/C27H29ClN2OS.2C2H6/c1-5-7-17-30(4)27(31)20(6-2)18-24-19(3)32-25-16-12-11-14-22(25)26(29-24)21-13-9-8-10-15-23(21)28;2*1-2/h6,8,10-16,18H,2,5,7,9,17H2,1,3-4H3;2*1-2H3/b20-18+;;. The zero-order valence-corrected chi connectivity index (χ0v) is 24.5. The van der Waals surface area contributed by atoms with Crippen LogP contribution in [0.25, 0.3) is 0 Å². The predicted molar refractivity (Wildman–Crippen MR) is 161 cm³/mol. The van der Waals surface area contributed by atoms with Crippen molar-refractivity contribution in [1.29, 1.82) is 0 Å². The molecule has 0 spiro atoms. The minimum absolute atomic E-state index is 0.0481. The Bertz CT molecular complexity index is 1090. The van der Waals surface area contributed by atoms with E-state index in [1.165, 1.54) is 0 Å². The quantitative estimate of drug-likeness (QED) is 0.263. The molecule has 36 heavy (non-hydrogen) atoms. The molecular formula is C31H41ClN2OS. The summed E-state index contributed by atoms with van der Waals surface area (Å²) in [6.07, 6.45) is 14.3. The summed E-state index contributed by atoms with van der Waals surface area (Å²) in [4.78, 5) is 21.9. The molecule has 1 heterocycles. The van der Waals surface area contributed by atoms with Crippen molar-refractivity contribution in [3.05, 3.63) is 99.6 Å². The highest BCUT2D eigenvalue weighted by molar-refractivity contribution is 8.03. The van der Waals surface area contributed by atoms with Crippen LogP contribution in [0.4, 0.5) is 0 Å². The molecule has 5 heteroatoms. The van der Waals surface area contributed by atoms with Crippen LogP contribution in [-0.4, -0.2) is 30.1 Å². The zero-order chi connectivity index (χ0) is 27.1. The summed E-state index contributed by atoms with van der Waals surface area (Å²) in [6, 6.07) is 8.21. The number of likely N-dealkylation sites (N-methyl/N-ethyl adjacent to an activating group) is 1. The molecule has 194 valence electrons. The summed E-state index contributed by atoms with van der Waals surface area (Å²) in [5.41, 5.74) is 4.03. The first-order valence-electron chi connectivity index (χ1n) is 12.9. The van der Waals surface area contributed by atoms with E-state index in [1.54, 1.807) is 22.7 Å². The Morgan fingerprint density at radius 1 is 1.22 bits per heavy atom. The van der Waals surface area contributed by atoms with E-state index in [0.717, 1.165) is 51.6 Å². The number of rotatable bonds is 7. The van der Waals surface area contributed by atoms with Gasteiger partial charge in [-0.25, -0.2) is 4.99 Å². The van der Waals surface area contributed by atoms with Gasteiger partial charge in [-0.3, -0.25) is 4.79 Å². The Balaban J connectivity index is 0.00000154. The molecule has 0 N–H and O–H groups in total. The second kappa shape index (κ2) is 17.0. The number of benzene rings is 1. The van der Waals surface area contributed by atoms with Gasteiger partial charge in [-0.2, -0.15) is 0 Å². The molecule has 0 fully saturated rings. The van der Waals surface area contributed by atoms with Gasteiger partial charge in [-0.05, 0) is 38.0 Å². The average molecular weight is 525 g/mol. The van der Waals surface area contributed by atoms with Crippen molar-refractivity contribution in [2.24, 2.45) is 4.99 Å². The largest absolute Gasteiger partial charge is 0.342 e. The summed E-state index contributed by atoms with van der Waals surface area (Å²) in [6.45, 7) is 16.8. The van der Waals surface area contributed by atoms with Crippen LogP contribution in [0.5, 0.6) is 0 Å². The number of halogens is 1. The maximum atomic E-state index is 13.0. The lowest BCUT2D eigenvalue weighted by atomic mass is 10.0. The number of thioether (sulfide) groups is 1. The number of hydrogen-bond acceptors (Lipinski definition) is 3. The fourth-order valence-corrected chi connectivity index (χ4v) is 4.65. The molecule has 1 aromatic carbocycles. The van der Waals surface area contributed by atoms with Crippen LogP contribution >= 0.6 is 23.4 Å². The predicted octanol–water partition coefficient (Wildman–Crippen LogP) is 9.25. The van der Waals surface area contributed by atoms with Crippen LogP contribution in [0.15, 0.2) is 104 Å². The normalized spacial score (nSPS) is 14.9. The highest BCUT2D eigenvalue weighted by Gasteiger charge is 2.22. The minimum Gasteiger partial charge on any atom is -0.342 e. The summed E-state index contributed by atoms with van der Waals surface area (Å²) < 4.78 is 0. The first-order valence-corrected chi connectivity index (χ1v) is 14.0. The van der Waals surface area contributed by atoms with E-state index in [-0.39, 0.29) is 5.91 Å². The van der Waals surface area contributed by atoms with Gasteiger partial charge >= 0.3 is 0 Å². The van der Waals surface area contributed by atoms with Crippen molar-refractivity contribution in [3.8, 4) is 0 Å². The molecule has 0 saturated heterocycles. The highest BCUT2D eigenvalue weighted by Crippen LogP contribution is 2.38. The Morgan fingerprint density at radius 3 is 2.58 bits per heavy atom. The Kier molecular flexibility index (Phi) is 14.9. The molecule has 1 aromatic rings. The first-order chi connectivity index (χ1) is 17.5. The van der Waals surface area contributed by atoms with E-state index in [2.05, 4.69) is 37.8 Å². The Morgan fingerprint density at radius 2 is 1.92 bits per heavy atom. The third-order valence-corrected chi connectivity index (χ3v) is 6.72. The summed E-state index contributed by atoms with van der Waals surface area (Å²) in [7, 11) is 1.83.